The number of hydrogen-bond acceptors (Lipinski definition) is 3. The lowest BCUT2D eigenvalue weighted by atomic mass is 10.1. The molecular weight excluding hydrogens is 325 g/mol. The van der Waals surface area contributed by atoms with E-state index in [4.69, 9.17) is 11.6 Å². The van der Waals surface area contributed by atoms with E-state index in [1.165, 1.54) is 12.1 Å². The van der Waals surface area contributed by atoms with Crippen LogP contribution in [0, 0.1) is 5.82 Å². The van der Waals surface area contributed by atoms with Crippen LogP contribution in [0.25, 0.3) is 33.5 Å². The summed E-state index contributed by atoms with van der Waals surface area (Å²) < 4.78 is 13.1. The Morgan fingerprint density at radius 1 is 0.667 bits per heavy atom. The van der Waals surface area contributed by atoms with Gasteiger partial charge < -0.3 is 0 Å². The molecule has 0 aliphatic rings. The van der Waals surface area contributed by atoms with Crippen molar-refractivity contribution >= 4 is 22.4 Å². The van der Waals surface area contributed by atoms with Crippen LogP contribution >= 0.6 is 11.6 Å². The fourth-order valence-corrected chi connectivity index (χ4v) is 2.70. The lowest BCUT2D eigenvalue weighted by molar-refractivity contribution is 0.628. The molecule has 0 amide bonds. The summed E-state index contributed by atoms with van der Waals surface area (Å²) in [5.74, 6) is 0.590. The third-order valence-corrected chi connectivity index (χ3v) is 3.89. The predicted octanol–water partition coefficient (Wildman–Crippen LogP) is 5.15. The minimum Gasteiger partial charge on any atom is -0.208 e. The molecule has 116 valence electrons. The minimum atomic E-state index is -0.311. The monoisotopic (exact) mass is 335 g/mol. The van der Waals surface area contributed by atoms with Gasteiger partial charge in [0.15, 0.2) is 11.6 Å². The van der Waals surface area contributed by atoms with Gasteiger partial charge in [-0.15, -0.1) is 0 Å². The molecule has 4 aromatic rings. The third-order valence-electron chi connectivity index (χ3n) is 3.72. The van der Waals surface area contributed by atoms with Gasteiger partial charge in [-0.3, -0.25) is 0 Å². The molecular formula is C19H11ClFN3. The fraction of sp³-hybridized carbons (Fsp3) is 0. The van der Waals surface area contributed by atoms with Gasteiger partial charge in [0.2, 0.25) is 5.28 Å². The molecule has 3 aromatic carbocycles. The van der Waals surface area contributed by atoms with Crippen LogP contribution in [0.15, 0.2) is 66.7 Å². The Hall–Kier alpha value is -2.85. The zero-order valence-corrected chi connectivity index (χ0v) is 13.2. The maximum absolute atomic E-state index is 13.1. The normalized spacial score (nSPS) is 10.9. The maximum atomic E-state index is 13.1. The molecule has 4 rings (SSSR count). The summed E-state index contributed by atoms with van der Waals surface area (Å²) in [6, 6.07) is 20.0. The molecule has 24 heavy (non-hydrogen) atoms. The topological polar surface area (TPSA) is 38.7 Å². The molecule has 3 nitrogen and oxygen atoms in total. The number of benzene rings is 3. The van der Waals surface area contributed by atoms with Crippen molar-refractivity contribution in [2.45, 2.75) is 0 Å². The molecule has 0 spiro atoms. The van der Waals surface area contributed by atoms with Crippen LogP contribution in [0.1, 0.15) is 0 Å². The zero-order chi connectivity index (χ0) is 16.5. The van der Waals surface area contributed by atoms with Gasteiger partial charge in [-0.1, -0.05) is 36.4 Å². The maximum Gasteiger partial charge on any atom is 0.226 e. The van der Waals surface area contributed by atoms with Gasteiger partial charge in [0.05, 0.1) is 0 Å². The van der Waals surface area contributed by atoms with Crippen molar-refractivity contribution in [1.82, 2.24) is 15.0 Å². The van der Waals surface area contributed by atoms with E-state index in [1.807, 2.05) is 42.5 Å². The van der Waals surface area contributed by atoms with Gasteiger partial charge in [0.1, 0.15) is 5.82 Å². The second-order valence-corrected chi connectivity index (χ2v) is 5.66. The average molecular weight is 336 g/mol. The second kappa shape index (κ2) is 5.98. The Balaban J connectivity index is 1.83. The van der Waals surface area contributed by atoms with Crippen LogP contribution in [0.3, 0.4) is 0 Å². The summed E-state index contributed by atoms with van der Waals surface area (Å²) in [5.41, 5.74) is 1.53. The molecule has 0 fully saturated rings. The predicted molar refractivity (Wildman–Crippen MR) is 93.2 cm³/mol. The number of rotatable bonds is 2. The van der Waals surface area contributed by atoms with Crippen LogP contribution < -0.4 is 0 Å². The Morgan fingerprint density at radius 3 is 2.04 bits per heavy atom. The van der Waals surface area contributed by atoms with E-state index in [0.717, 1.165) is 16.3 Å². The van der Waals surface area contributed by atoms with Crippen LogP contribution in [0.5, 0.6) is 0 Å². The largest absolute Gasteiger partial charge is 0.226 e. The van der Waals surface area contributed by atoms with Crippen molar-refractivity contribution in [3.05, 3.63) is 77.8 Å². The van der Waals surface area contributed by atoms with Gasteiger partial charge in [-0.25, -0.2) is 9.37 Å². The Bertz CT molecular complexity index is 1030. The van der Waals surface area contributed by atoms with Crippen LogP contribution in [-0.2, 0) is 0 Å². The standard InChI is InChI=1S/C19H11ClFN3/c20-19-23-17(13-7-9-16(21)10-8-13)22-18(24-19)15-6-5-12-3-1-2-4-14(12)11-15/h1-11H. The van der Waals surface area contributed by atoms with Crippen molar-refractivity contribution in [3.63, 3.8) is 0 Å². The molecule has 0 aliphatic carbocycles. The molecule has 5 heteroatoms. The number of hydrogen-bond donors (Lipinski definition) is 0. The van der Waals surface area contributed by atoms with Gasteiger partial charge >= 0.3 is 0 Å². The van der Waals surface area contributed by atoms with Crippen LogP contribution in [0.2, 0.25) is 5.28 Å². The molecule has 1 heterocycles. The lowest BCUT2D eigenvalue weighted by Crippen LogP contribution is -1.97. The fourth-order valence-electron chi connectivity index (χ4n) is 2.54. The van der Waals surface area contributed by atoms with E-state index in [0.29, 0.717) is 17.2 Å². The van der Waals surface area contributed by atoms with E-state index < -0.39 is 0 Å². The van der Waals surface area contributed by atoms with Crippen molar-refractivity contribution in [2.24, 2.45) is 0 Å². The summed E-state index contributed by atoms with van der Waals surface area (Å²) in [5, 5.41) is 2.34. The highest BCUT2D eigenvalue weighted by Gasteiger charge is 2.10. The Labute approximate surface area is 142 Å². The first-order valence-electron chi connectivity index (χ1n) is 7.36. The Morgan fingerprint density at radius 2 is 1.29 bits per heavy atom. The molecule has 0 saturated heterocycles. The number of fused-ring (bicyclic) bond motifs is 1. The molecule has 0 saturated carbocycles. The van der Waals surface area contributed by atoms with Crippen molar-refractivity contribution < 1.29 is 4.39 Å². The van der Waals surface area contributed by atoms with Gasteiger partial charge in [0.25, 0.3) is 0 Å². The summed E-state index contributed by atoms with van der Waals surface area (Å²) >= 11 is 6.06. The van der Waals surface area contributed by atoms with Gasteiger partial charge in [0, 0.05) is 11.1 Å². The quantitative estimate of drug-likeness (QED) is 0.508. The molecule has 0 N–H and O–H groups in total. The molecule has 0 unspecified atom stereocenters. The zero-order valence-electron chi connectivity index (χ0n) is 12.4. The third kappa shape index (κ3) is 2.84. The van der Waals surface area contributed by atoms with Crippen LogP contribution in [0.4, 0.5) is 4.39 Å². The summed E-state index contributed by atoms with van der Waals surface area (Å²) in [6.07, 6.45) is 0. The van der Waals surface area contributed by atoms with E-state index in [-0.39, 0.29) is 11.1 Å². The highest BCUT2D eigenvalue weighted by molar-refractivity contribution is 6.28. The first-order chi connectivity index (χ1) is 11.7. The van der Waals surface area contributed by atoms with Gasteiger partial charge in [-0.05, 0) is 52.7 Å². The van der Waals surface area contributed by atoms with E-state index in [1.54, 1.807) is 12.1 Å². The smallest absolute Gasteiger partial charge is 0.208 e. The summed E-state index contributed by atoms with van der Waals surface area (Å²) in [4.78, 5) is 12.8. The van der Waals surface area contributed by atoms with Crippen molar-refractivity contribution in [3.8, 4) is 22.8 Å². The molecule has 0 atom stereocenters. The summed E-state index contributed by atoms with van der Waals surface area (Å²) in [7, 11) is 0. The molecule has 1 aromatic heterocycles. The minimum absolute atomic E-state index is 0.104. The lowest BCUT2D eigenvalue weighted by Gasteiger charge is -2.06. The number of halogens is 2. The summed E-state index contributed by atoms with van der Waals surface area (Å²) in [6.45, 7) is 0. The molecule has 0 radical (unpaired) electrons. The average Bonchev–Trinajstić information content (AvgIpc) is 2.61. The highest BCUT2D eigenvalue weighted by Crippen LogP contribution is 2.25. The van der Waals surface area contributed by atoms with Crippen molar-refractivity contribution in [2.75, 3.05) is 0 Å². The van der Waals surface area contributed by atoms with Crippen LogP contribution in [-0.4, -0.2) is 15.0 Å². The molecule has 0 aliphatic heterocycles. The Kier molecular flexibility index (Phi) is 3.67. The highest BCUT2D eigenvalue weighted by atomic mass is 35.5. The van der Waals surface area contributed by atoms with E-state index in [2.05, 4.69) is 15.0 Å². The molecule has 0 bridgehead atoms. The second-order valence-electron chi connectivity index (χ2n) is 5.32. The first-order valence-corrected chi connectivity index (χ1v) is 7.73. The van der Waals surface area contributed by atoms with E-state index in [9.17, 15) is 4.39 Å². The first kappa shape index (κ1) is 14.7. The van der Waals surface area contributed by atoms with Gasteiger partial charge in [-0.2, -0.15) is 9.97 Å². The van der Waals surface area contributed by atoms with Crippen molar-refractivity contribution in [1.29, 1.82) is 0 Å². The number of nitrogens with zero attached hydrogens (tertiary/aromatic N) is 3. The van der Waals surface area contributed by atoms with E-state index >= 15 is 0 Å². The number of aromatic nitrogens is 3. The SMILES string of the molecule is Fc1ccc(-c2nc(Cl)nc(-c3ccc4ccccc4c3)n2)cc1.